The van der Waals surface area contributed by atoms with E-state index in [1.165, 1.54) is 6.33 Å². The predicted molar refractivity (Wildman–Crippen MR) is 98.4 cm³/mol. The van der Waals surface area contributed by atoms with E-state index >= 15 is 0 Å². The summed E-state index contributed by atoms with van der Waals surface area (Å²) in [6.07, 6.45) is 5.43. The second-order valence-electron chi connectivity index (χ2n) is 7.35. The van der Waals surface area contributed by atoms with Crippen LogP contribution in [0.25, 0.3) is 11.1 Å². The van der Waals surface area contributed by atoms with Crippen LogP contribution >= 0.6 is 0 Å². The maximum atomic E-state index is 12.9. The van der Waals surface area contributed by atoms with E-state index in [9.17, 15) is 4.79 Å². The predicted octanol–water partition coefficient (Wildman–Crippen LogP) is 3.53. The second kappa shape index (κ2) is 5.82. The number of hydrogen-bond acceptors (Lipinski definition) is 6. The summed E-state index contributed by atoms with van der Waals surface area (Å²) in [6, 6.07) is 2.00. The minimum absolute atomic E-state index is 0.0241. The van der Waals surface area contributed by atoms with Gasteiger partial charge in [-0.2, -0.15) is 5.10 Å². The number of fused-ring (bicyclic) bond motifs is 1. The molecule has 4 rings (SSSR count). The molecule has 3 aromatic rings. The van der Waals surface area contributed by atoms with Gasteiger partial charge >= 0.3 is 0 Å². The minimum Gasteiger partial charge on any atom is -0.442 e. The van der Waals surface area contributed by atoms with Crippen molar-refractivity contribution in [2.24, 2.45) is 0 Å². The van der Waals surface area contributed by atoms with Crippen molar-refractivity contribution in [1.82, 2.24) is 19.7 Å². The van der Waals surface area contributed by atoms with Gasteiger partial charge in [0.2, 0.25) is 5.71 Å². The number of carbonyl (C=O) groups is 1. The van der Waals surface area contributed by atoms with Gasteiger partial charge in [-0.3, -0.25) is 9.48 Å². The summed E-state index contributed by atoms with van der Waals surface area (Å²) < 4.78 is 7.49. The van der Waals surface area contributed by atoms with Crippen molar-refractivity contribution in [3.05, 3.63) is 29.9 Å². The lowest BCUT2D eigenvalue weighted by molar-refractivity contribution is 0.102. The van der Waals surface area contributed by atoms with Crippen LogP contribution < -0.4 is 10.6 Å². The Morgan fingerprint density at radius 3 is 2.77 bits per heavy atom. The molecule has 136 valence electrons. The number of rotatable bonds is 5. The molecule has 2 N–H and O–H groups in total. The molecule has 1 amide bonds. The molecule has 1 fully saturated rings. The van der Waals surface area contributed by atoms with Gasteiger partial charge in [0.15, 0.2) is 5.82 Å². The molecular weight excluding hydrogens is 332 g/mol. The lowest BCUT2D eigenvalue weighted by Gasteiger charge is -2.13. The van der Waals surface area contributed by atoms with Gasteiger partial charge in [-0.15, -0.1) is 0 Å². The van der Waals surface area contributed by atoms with E-state index in [4.69, 9.17) is 4.42 Å². The van der Waals surface area contributed by atoms with Crippen LogP contribution in [0.5, 0.6) is 0 Å². The normalized spacial score (nSPS) is 15.4. The molecule has 1 aliphatic carbocycles. The molecule has 0 spiro atoms. The van der Waals surface area contributed by atoms with Crippen molar-refractivity contribution in [1.29, 1.82) is 0 Å². The minimum atomic E-state index is -0.283. The highest BCUT2D eigenvalue weighted by atomic mass is 16.3. The number of nitrogens with zero attached hydrogens (tertiary/aromatic N) is 4. The van der Waals surface area contributed by atoms with Crippen molar-refractivity contribution in [3.8, 4) is 0 Å². The van der Waals surface area contributed by atoms with Gasteiger partial charge in [0.25, 0.3) is 5.91 Å². The molecule has 1 saturated carbocycles. The lowest BCUT2D eigenvalue weighted by Crippen LogP contribution is -2.18. The number of anilines is 2. The monoisotopic (exact) mass is 354 g/mol. The van der Waals surface area contributed by atoms with E-state index in [0.29, 0.717) is 34.1 Å². The van der Waals surface area contributed by atoms with Crippen LogP contribution in [-0.2, 0) is 0 Å². The second-order valence-corrected chi connectivity index (χ2v) is 7.35. The van der Waals surface area contributed by atoms with Gasteiger partial charge in [-0.05, 0) is 40.5 Å². The number of nitrogens with one attached hydrogen (secondary N) is 2. The van der Waals surface area contributed by atoms with Crippen LogP contribution in [0.3, 0.4) is 0 Å². The van der Waals surface area contributed by atoms with Crippen molar-refractivity contribution >= 4 is 28.6 Å². The molecule has 0 saturated heterocycles. The molecule has 0 aromatic carbocycles. The zero-order valence-corrected chi connectivity index (χ0v) is 15.3. The average Bonchev–Trinajstić information content (AvgIpc) is 2.98. The number of furan rings is 1. The Hall–Kier alpha value is -2.90. The molecule has 0 bridgehead atoms. The third kappa shape index (κ3) is 2.91. The first kappa shape index (κ1) is 16.6. The van der Waals surface area contributed by atoms with E-state index in [-0.39, 0.29) is 17.5 Å². The van der Waals surface area contributed by atoms with Gasteiger partial charge in [0, 0.05) is 23.8 Å². The molecular formula is C18H22N6O2. The Kier molecular flexibility index (Phi) is 3.71. The van der Waals surface area contributed by atoms with Gasteiger partial charge < -0.3 is 15.1 Å². The Balaban J connectivity index is 1.70. The molecule has 0 atom stereocenters. The van der Waals surface area contributed by atoms with E-state index in [1.54, 1.807) is 17.7 Å². The highest BCUT2D eigenvalue weighted by molar-refractivity contribution is 6.15. The average molecular weight is 354 g/mol. The van der Waals surface area contributed by atoms with E-state index in [1.807, 2.05) is 20.0 Å². The first-order chi connectivity index (χ1) is 12.4. The largest absolute Gasteiger partial charge is 0.442 e. The van der Waals surface area contributed by atoms with Crippen LogP contribution in [0.4, 0.5) is 11.6 Å². The molecule has 1 aliphatic rings. The van der Waals surface area contributed by atoms with Crippen molar-refractivity contribution in [2.45, 2.75) is 52.1 Å². The van der Waals surface area contributed by atoms with E-state index < -0.39 is 0 Å². The lowest BCUT2D eigenvalue weighted by atomic mass is 10.1. The van der Waals surface area contributed by atoms with Gasteiger partial charge in [0.05, 0.1) is 10.9 Å². The quantitative estimate of drug-likeness (QED) is 0.727. The molecule has 3 aromatic heterocycles. The Morgan fingerprint density at radius 1 is 1.35 bits per heavy atom. The maximum Gasteiger partial charge on any atom is 0.261 e. The summed E-state index contributed by atoms with van der Waals surface area (Å²) in [7, 11) is 0. The smallest absolute Gasteiger partial charge is 0.261 e. The van der Waals surface area contributed by atoms with Crippen molar-refractivity contribution in [3.63, 3.8) is 0 Å². The Labute approximate surface area is 151 Å². The fraction of sp³-hybridized carbons (Fsp3) is 0.444. The number of hydrogen-bond donors (Lipinski definition) is 2. The standard InChI is InChI=1S/C18H22N6O2/c1-10(2)24-8-5-12(23-24)21-16(25)13-11(3)26-17-14(13)15(19-9-20-17)22-18(4)6-7-18/h5,8-10H,6-7H2,1-4H3,(H,19,20,22)(H,21,23,25). The Morgan fingerprint density at radius 2 is 2.12 bits per heavy atom. The summed E-state index contributed by atoms with van der Waals surface area (Å²) in [5, 5.41) is 11.2. The van der Waals surface area contributed by atoms with Crippen molar-refractivity contribution in [2.75, 3.05) is 10.6 Å². The van der Waals surface area contributed by atoms with E-state index in [2.05, 4.69) is 32.6 Å². The molecule has 3 heterocycles. The number of aryl methyl sites for hydroxylation is 1. The first-order valence-corrected chi connectivity index (χ1v) is 8.75. The number of amides is 1. The first-order valence-electron chi connectivity index (χ1n) is 8.75. The molecule has 0 unspecified atom stereocenters. The van der Waals surface area contributed by atoms with Gasteiger partial charge in [-0.25, -0.2) is 9.97 Å². The highest BCUT2D eigenvalue weighted by Crippen LogP contribution is 2.40. The summed E-state index contributed by atoms with van der Waals surface area (Å²) >= 11 is 0. The van der Waals surface area contributed by atoms with Crippen LogP contribution in [0.1, 0.15) is 55.8 Å². The number of carbonyl (C=O) groups excluding carboxylic acids is 1. The van der Waals surface area contributed by atoms with Crippen LogP contribution in [0.15, 0.2) is 23.0 Å². The maximum absolute atomic E-state index is 12.9. The topological polar surface area (TPSA) is 97.9 Å². The van der Waals surface area contributed by atoms with Gasteiger partial charge in [0.1, 0.15) is 17.9 Å². The number of aromatic nitrogens is 4. The van der Waals surface area contributed by atoms with Crippen LogP contribution in [0, 0.1) is 6.92 Å². The summed E-state index contributed by atoms with van der Waals surface area (Å²) in [5.74, 6) is 1.35. The molecule has 26 heavy (non-hydrogen) atoms. The fourth-order valence-electron chi connectivity index (χ4n) is 2.88. The molecule has 0 aliphatic heterocycles. The van der Waals surface area contributed by atoms with E-state index in [0.717, 1.165) is 12.8 Å². The third-order valence-electron chi connectivity index (χ3n) is 4.69. The zero-order chi connectivity index (χ0) is 18.5. The summed E-state index contributed by atoms with van der Waals surface area (Å²) in [6.45, 7) is 7.94. The van der Waals surface area contributed by atoms with Gasteiger partial charge in [-0.1, -0.05) is 0 Å². The SMILES string of the molecule is Cc1oc2ncnc(NC3(C)CC3)c2c1C(=O)Nc1ccn(C(C)C)n1. The molecule has 8 heteroatoms. The summed E-state index contributed by atoms with van der Waals surface area (Å²) in [4.78, 5) is 21.4. The molecule has 8 nitrogen and oxygen atoms in total. The Bertz CT molecular complexity index is 983. The molecule has 0 radical (unpaired) electrons. The van der Waals surface area contributed by atoms with Crippen LogP contribution in [-0.4, -0.2) is 31.2 Å². The van der Waals surface area contributed by atoms with Crippen LogP contribution in [0.2, 0.25) is 0 Å². The third-order valence-corrected chi connectivity index (χ3v) is 4.69. The fourth-order valence-corrected chi connectivity index (χ4v) is 2.88. The van der Waals surface area contributed by atoms with Crippen molar-refractivity contribution < 1.29 is 9.21 Å². The zero-order valence-electron chi connectivity index (χ0n) is 15.3. The highest BCUT2D eigenvalue weighted by Gasteiger charge is 2.38. The summed E-state index contributed by atoms with van der Waals surface area (Å²) in [5.41, 5.74) is 0.865.